The fraction of sp³-hybridized carbons (Fsp3) is 0.267. The Bertz CT molecular complexity index is 738. The van der Waals surface area contributed by atoms with Crippen LogP contribution in [0.5, 0.6) is 0 Å². The largest absolute Gasteiger partial charge is 0.422 e. The standard InChI is InChI=1S/C15H16N2O5/c1-21-7-6-16-13(18)9-17-14(19)11-8-10-4-2-3-5-12(10)22-15(11)20/h2-5,8H,6-7,9H2,1H3,(H,16,18)(H,17,19). The summed E-state index contributed by atoms with van der Waals surface area (Å²) in [5.41, 5.74) is -0.472. The molecule has 0 saturated heterocycles. The van der Waals surface area contributed by atoms with Gasteiger partial charge in [0.25, 0.3) is 5.91 Å². The molecule has 0 bridgehead atoms. The average molecular weight is 304 g/mol. The van der Waals surface area contributed by atoms with E-state index in [1.165, 1.54) is 13.2 Å². The number of ether oxygens (including phenoxy) is 1. The molecule has 7 heteroatoms. The number of benzene rings is 1. The number of para-hydroxylation sites is 1. The van der Waals surface area contributed by atoms with Crippen LogP contribution in [-0.4, -0.2) is 38.6 Å². The number of amides is 2. The van der Waals surface area contributed by atoms with Gasteiger partial charge < -0.3 is 19.8 Å². The minimum Gasteiger partial charge on any atom is -0.422 e. The van der Waals surface area contributed by atoms with Gasteiger partial charge in [0.2, 0.25) is 5.91 Å². The third-order valence-electron chi connectivity index (χ3n) is 2.92. The second-order valence-electron chi connectivity index (χ2n) is 4.51. The Morgan fingerprint density at radius 2 is 2.00 bits per heavy atom. The molecule has 2 N–H and O–H groups in total. The molecular formula is C15H16N2O5. The molecule has 2 amide bonds. The van der Waals surface area contributed by atoms with Crippen LogP contribution in [0.2, 0.25) is 0 Å². The number of nitrogens with one attached hydrogen (secondary N) is 2. The van der Waals surface area contributed by atoms with Crippen LogP contribution in [0.4, 0.5) is 0 Å². The van der Waals surface area contributed by atoms with E-state index in [4.69, 9.17) is 9.15 Å². The summed E-state index contributed by atoms with van der Waals surface area (Å²) >= 11 is 0. The lowest BCUT2D eigenvalue weighted by Crippen LogP contribution is -2.39. The van der Waals surface area contributed by atoms with Crippen LogP contribution < -0.4 is 16.3 Å². The van der Waals surface area contributed by atoms with Gasteiger partial charge in [0.15, 0.2) is 0 Å². The Kier molecular flexibility index (Phi) is 5.26. The summed E-state index contributed by atoms with van der Waals surface area (Å²) in [6.45, 7) is 0.506. The summed E-state index contributed by atoms with van der Waals surface area (Å²) in [4.78, 5) is 35.2. The lowest BCUT2D eigenvalue weighted by molar-refractivity contribution is -0.120. The SMILES string of the molecule is COCCNC(=O)CNC(=O)c1cc2ccccc2oc1=O. The van der Waals surface area contributed by atoms with Crippen molar-refractivity contribution in [2.75, 3.05) is 26.8 Å². The first-order chi connectivity index (χ1) is 10.6. The van der Waals surface area contributed by atoms with E-state index in [0.29, 0.717) is 24.1 Å². The van der Waals surface area contributed by atoms with Crippen molar-refractivity contribution in [1.82, 2.24) is 10.6 Å². The highest BCUT2D eigenvalue weighted by Gasteiger charge is 2.14. The van der Waals surface area contributed by atoms with Gasteiger partial charge in [-0.3, -0.25) is 9.59 Å². The molecule has 0 radical (unpaired) electrons. The van der Waals surface area contributed by atoms with Crippen LogP contribution in [0.15, 0.2) is 39.5 Å². The van der Waals surface area contributed by atoms with Crippen LogP contribution in [-0.2, 0) is 9.53 Å². The van der Waals surface area contributed by atoms with Gasteiger partial charge in [-0.15, -0.1) is 0 Å². The van der Waals surface area contributed by atoms with Crippen molar-refractivity contribution in [1.29, 1.82) is 0 Å². The van der Waals surface area contributed by atoms with E-state index < -0.39 is 11.5 Å². The number of hydrogen-bond donors (Lipinski definition) is 2. The number of methoxy groups -OCH3 is 1. The summed E-state index contributed by atoms with van der Waals surface area (Å²) in [6, 6.07) is 8.32. The van der Waals surface area contributed by atoms with Crippen molar-refractivity contribution < 1.29 is 18.7 Å². The lowest BCUT2D eigenvalue weighted by Gasteiger charge is -2.06. The van der Waals surface area contributed by atoms with Crippen LogP contribution >= 0.6 is 0 Å². The maximum absolute atomic E-state index is 12.0. The summed E-state index contributed by atoms with van der Waals surface area (Å²) in [7, 11) is 1.52. The molecule has 1 aromatic heterocycles. The van der Waals surface area contributed by atoms with Gasteiger partial charge in [0.05, 0.1) is 13.2 Å². The fourth-order valence-electron chi connectivity index (χ4n) is 1.83. The van der Waals surface area contributed by atoms with Gasteiger partial charge in [0, 0.05) is 19.0 Å². The maximum atomic E-state index is 12.0. The monoisotopic (exact) mass is 304 g/mol. The number of carbonyl (C=O) groups is 2. The third-order valence-corrected chi connectivity index (χ3v) is 2.92. The molecule has 0 spiro atoms. The van der Waals surface area contributed by atoms with Crippen molar-refractivity contribution in [3.63, 3.8) is 0 Å². The summed E-state index contributed by atoms with van der Waals surface area (Å²) in [6.07, 6.45) is 0. The quantitative estimate of drug-likeness (QED) is 0.590. The van der Waals surface area contributed by atoms with Crippen LogP contribution in [0.3, 0.4) is 0 Å². The van der Waals surface area contributed by atoms with Crippen molar-refractivity contribution in [3.05, 3.63) is 46.3 Å². The molecule has 7 nitrogen and oxygen atoms in total. The van der Waals surface area contributed by atoms with Crippen LogP contribution in [0, 0.1) is 0 Å². The van der Waals surface area contributed by atoms with Gasteiger partial charge in [-0.1, -0.05) is 18.2 Å². The number of fused-ring (bicyclic) bond motifs is 1. The Balaban J connectivity index is 2.02. The molecule has 2 aromatic rings. The van der Waals surface area contributed by atoms with E-state index in [-0.39, 0.29) is 18.0 Å². The van der Waals surface area contributed by atoms with E-state index in [1.807, 2.05) is 0 Å². The first-order valence-corrected chi connectivity index (χ1v) is 6.68. The van der Waals surface area contributed by atoms with Gasteiger partial charge in [0.1, 0.15) is 11.1 Å². The highest BCUT2D eigenvalue weighted by Crippen LogP contribution is 2.12. The molecule has 0 aliphatic carbocycles. The minimum atomic E-state index is -0.740. The predicted molar refractivity (Wildman–Crippen MR) is 79.7 cm³/mol. The molecule has 1 aromatic carbocycles. The predicted octanol–water partition coefficient (Wildman–Crippen LogP) is 0.285. The first kappa shape index (κ1) is 15.7. The molecule has 2 rings (SSSR count). The molecule has 0 unspecified atom stereocenters. The highest BCUT2D eigenvalue weighted by atomic mass is 16.5. The van der Waals surface area contributed by atoms with Gasteiger partial charge in [-0.05, 0) is 12.1 Å². The highest BCUT2D eigenvalue weighted by molar-refractivity contribution is 5.98. The summed E-state index contributed by atoms with van der Waals surface area (Å²) in [5, 5.41) is 5.57. The van der Waals surface area contributed by atoms with E-state index in [0.717, 1.165) is 0 Å². The molecule has 0 fully saturated rings. The zero-order chi connectivity index (χ0) is 15.9. The number of carbonyl (C=O) groups excluding carboxylic acids is 2. The van der Waals surface area contributed by atoms with E-state index in [1.54, 1.807) is 24.3 Å². The maximum Gasteiger partial charge on any atom is 0.349 e. The molecule has 1 heterocycles. The topological polar surface area (TPSA) is 97.6 Å². The number of rotatable bonds is 6. The average Bonchev–Trinajstić information content (AvgIpc) is 2.52. The van der Waals surface area contributed by atoms with Crippen molar-refractivity contribution >= 4 is 22.8 Å². The Morgan fingerprint density at radius 3 is 2.77 bits per heavy atom. The normalized spacial score (nSPS) is 10.4. The minimum absolute atomic E-state index is 0.136. The third kappa shape index (κ3) is 3.92. The zero-order valence-corrected chi connectivity index (χ0v) is 12.0. The number of hydrogen-bond acceptors (Lipinski definition) is 5. The van der Waals surface area contributed by atoms with Crippen molar-refractivity contribution in [3.8, 4) is 0 Å². The van der Waals surface area contributed by atoms with E-state index in [2.05, 4.69) is 10.6 Å². The Labute approximate surface area is 126 Å². The summed E-state index contributed by atoms with van der Waals surface area (Å²) in [5.74, 6) is -1.02. The second-order valence-corrected chi connectivity index (χ2v) is 4.51. The molecular weight excluding hydrogens is 288 g/mol. The zero-order valence-electron chi connectivity index (χ0n) is 12.0. The molecule has 0 saturated carbocycles. The first-order valence-electron chi connectivity index (χ1n) is 6.68. The second kappa shape index (κ2) is 7.37. The fourth-order valence-corrected chi connectivity index (χ4v) is 1.83. The van der Waals surface area contributed by atoms with E-state index >= 15 is 0 Å². The lowest BCUT2D eigenvalue weighted by atomic mass is 10.2. The smallest absolute Gasteiger partial charge is 0.349 e. The van der Waals surface area contributed by atoms with Gasteiger partial charge in [-0.2, -0.15) is 0 Å². The van der Waals surface area contributed by atoms with Gasteiger partial charge >= 0.3 is 5.63 Å². The van der Waals surface area contributed by atoms with Crippen LogP contribution in [0.1, 0.15) is 10.4 Å². The molecule has 0 atom stereocenters. The Morgan fingerprint density at radius 1 is 1.23 bits per heavy atom. The Hall–Kier alpha value is -2.67. The summed E-state index contributed by atoms with van der Waals surface area (Å²) < 4.78 is 9.85. The van der Waals surface area contributed by atoms with Gasteiger partial charge in [-0.25, -0.2) is 4.79 Å². The van der Waals surface area contributed by atoms with Crippen LogP contribution in [0.25, 0.3) is 11.0 Å². The molecule has 116 valence electrons. The molecule has 0 aliphatic heterocycles. The van der Waals surface area contributed by atoms with Crippen molar-refractivity contribution in [2.24, 2.45) is 0 Å². The van der Waals surface area contributed by atoms with Crippen molar-refractivity contribution in [2.45, 2.75) is 0 Å². The molecule has 22 heavy (non-hydrogen) atoms. The molecule has 0 aliphatic rings. The van der Waals surface area contributed by atoms with E-state index in [9.17, 15) is 14.4 Å².